The number of benzene rings is 1. The van der Waals surface area contributed by atoms with Crippen LogP contribution in [0.5, 0.6) is 0 Å². The van der Waals surface area contributed by atoms with Crippen LogP contribution < -0.4 is 10.6 Å². The van der Waals surface area contributed by atoms with Crippen LogP contribution in [-0.2, 0) is 10.2 Å². The summed E-state index contributed by atoms with van der Waals surface area (Å²) >= 11 is 6.23. The number of hydrogen-bond donors (Lipinski definition) is 2. The highest BCUT2D eigenvalue weighted by Gasteiger charge is 2.44. The van der Waals surface area contributed by atoms with Crippen LogP contribution in [0.2, 0.25) is 5.02 Å². The molecule has 0 spiro atoms. The maximum Gasteiger partial charge on any atom is 0.191 e. The minimum atomic E-state index is 0.168. The van der Waals surface area contributed by atoms with Crippen LogP contribution in [0.25, 0.3) is 0 Å². The van der Waals surface area contributed by atoms with E-state index >= 15 is 0 Å². The fourth-order valence-corrected chi connectivity index (χ4v) is 5.07. The average molecular weight is 419 g/mol. The molecule has 1 saturated carbocycles. The van der Waals surface area contributed by atoms with Crippen molar-refractivity contribution in [3.05, 3.63) is 34.9 Å². The average Bonchev–Trinajstić information content (AvgIpc) is 3.33. The standard InChI is InChI=1S/C23H35ClN4O/c1-2-25-21(26-17-22(8-9-22)19-6-5-7-20(24)16-19)27-18-23(10-14-29-15-11-23)28-12-3-4-13-28/h5-7,16H,2-4,8-15,17-18H2,1H3,(H2,25,26,27). The van der Waals surface area contributed by atoms with Gasteiger partial charge in [-0.25, -0.2) is 0 Å². The number of halogens is 1. The molecule has 160 valence electrons. The molecule has 3 aliphatic rings. The predicted octanol–water partition coefficient (Wildman–Crippen LogP) is 3.57. The smallest absolute Gasteiger partial charge is 0.191 e. The number of nitrogens with zero attached hydrogens (tertiary/aromatic N) is 2. The number of ether oxygens (including phenoxy) is 1. The zero-order chi connectivity index (χ0) is 20.2. The summed E-state index contributed by atoms with van der Waals surface area (Å²) in [6.45, 7) is 8.87. The highest BCUT2D eigenvalue weighted by molar-refractivity contribution is 6.30. The fourth-order valence-electron chi connectivity index (χ4n) is 4.87. The maximum absolute atomic E-state index is 6.23. The monoisotopic (exact) mass is 418 g/mol. The Balaban J connectivity index is 1.43. The zero-order valence-electron chi connectivity index (χ0n) is 17.7. The van der Waals surface area contributed by atoms with Crippen molar-refractivity contribution in [1.29, 1.82) is 0 Å². The van der Waals surface area contributed by atoms with Crippen molar-refractivity contribution in [3.63, 3.8) is 0 Å². The molecule has 0 radical (unpaired) electrons. The van der Waals surface area contributed by atoms with Gasteiger partial charge in [-0.1, -0.05) is 23.7 Å². The van der Waals surface area contributed by atoms with Crippen molar-refractivity contribution in [2.45, 2.75) is 56.4 Å². The van der Waals surface area contributed by atoms with Gasteiger partial charge in [0.15, 0.2) is 5.96 Å². The summed E-state index contributed by atoms with van der Waals surface area (Å²) in [5, 5.41) is 7.91. The Morgan fingerprint density at radius 1 is 1.14 bits per heavy atom. The molecule has 6 heteroatoms. The van der Waals surface area contributed by atoms with E-state index in [-0.39, 0.29) is 11.0 Å². The summed E-state index contributed by atoms with van der Waals surface area (Å²) in [5.41, 5.74) is 1.71. The van der Waals surface area contributed by atoms with Gasteiger partial charge in [0.1, 0.15) is 0 Å². The van der Waals surface area contributed by atoms with E-state index in [1.54, 1.807) is 0 Å². The lowest BCUT2D eigenvalue weighted by molar-refractivity contribution is -0.0139. The van der Waals surface area contributed by atoms with Gasteiger partial charge in [0.2, 0.25) is 0 Å². The number of nitrogens with one attached hydrogen (secondary N) is 2. The maximum atomic E-state index is 6.23. The number of hydrogen-bond acceptors (Lipinski definition) is 3. The van der Waals surface area contributed by atoms with E-state index in [9.17, 15) is 0 Å². The quantitative estimate of drug-likeness (QED) is 0.525. The number of guanidine groups is 1. The first-order valence-electron chi connectivity index (χ1n) is 11.3. The third-order valence-corrected chi connectivity index (χ3v) is 7.20. The molecule has 0 amide bonds. The lowest BCUT2D eigenvalue weighted by Gasteiger charge is -2.43. The second-order valence-corrected chi connectivity index (χ2v) is 9.31. The molecule has 1 aliphatic carbocycles. The number of likely N-dealkylation sites (tertiary alicyclic amines) is 1. The molecule has 0 bridgehead atoms. The molecule has 0 atom stereocenters. The van der Waals surface area contributed by atoms with Crippen LogP contribution >= 0.6 is 11.6 Å². The van der Waals surface area contributed by atoms with Crippen LogP contribution in [0.15, 0.2) is 29.3 Å². The van der Waals surface area contributed by atoms with Gasteiger partial charge in [-0.3, -0.25) is 9.89 Å². The molecule has 1 aromatic rings. The lowest BCUT2D eigenvalue weighted by Crippen LogP contribution is -2.54. The van der Waals surface area contributed by atoms with Gasteiger partial charge < -0.3 is 15.4 Å². The summed E-state index contributed by atoms with van der Waals surface area (Å²) in [6, 6.07) is 8.33. The van der Waals surface area contributed by atoms with Gasteiger partial charge in [0, 0.05) is 42.3 Å². The van der Waals surface area contributed by atoms with Crippen LogP contribution in [0, 0.1) is 0 Å². The first-order chi connectivity index (χ1) is 14.2. The molecule has 2 heterocycles. The zero-order valence-corrected chi connectivity index (χ0v) is 18.4. The molecule has 4 rings (SSSR count). The molecule has 5 nitrogen and oxygen atoms in total. The second kappa shape index (κ2) is 9.23. The minimum Gasteiger partial charge on any atom is -0.381 e. The Kier molecular flexibility index (Phi) is 6.67. The SMILES string of the molecule is CCNC(=NCC1(N2CCCC2)CCOCC1)NCC1(c2cccc(Cl)c2)CC1. The van der Waals surface area contributed by atoms with Crippen molar-refractivity contribution in [3.8, 4) is 0 Å². The summed E-state index contributed by atoms with van der Waals surface area (Å²) in [5.74, 6) is 0.936. The molecule has 3 fully saturated rings. The van der Waals surface area contributed by atoms with Crippen LogP contribution in [-0.4, -0.2) is 62.3 Å². The third-order valence-electron chi connectivity index (χ3n) is 6.96. The van der Waals surface area contributed by atoms with E-state index in [4.69, 9.17) is 21.3 Å². The van der Waals surface area contributed by atoms with E-state index in [2.05, 4.69) is 40.7 Å². The van der Waals surface area contributed by atoms with Crippen LogP contribution in [0.1, 0.15) is 51.0 Å². The number of aliphatic imine (C=N–C) groups is 1. The molecule has 29 heavy (non-hydrogen) atoms. The van der Waals surface area contributed by atoms with Gasteiger partial charge in [-0.2, -0.15) is 0 Å². The Labute approximate surface area is 180 Å². The molecule has 0 unspecified atom stereocenters. The van der Waals surface area contributed by atoms with Crippen LogP contribution in [0.4, 0.5) is 0 Å². The van der Waals surface area contributed by atoms with E-state index < -0.39 is 0 Å². The molecule has 1 aromatic carbocycles. The van der Waals surface area contributed by atoms with E-state index in [0.29, 0.717) is 0 Å². The second-order valence-electron chi connectivity index (χ2n) is 8.87. The Morgan fingerprint density at radius 3 is 2.55 bits per heavy atom. The topological polar surface area (TPSA) is 48.9 Å². The van der Waals surface area contributed by atoms with Gasteiger partial charge in [0.05, 0.1) is 6.54 Å². The van der Waals surface area contributed by atoms with Crippen molar-refractivity contribution in [1.82, 2.24) is 15.5 Å². The highest BCUT2D eigenvalue weighted by Crippen LogP contribution is 2.48. The Hall–Kier alpha value is -1.30. The number of rotatable bonds is 7. The first-order valence-corrected chi connectivity index (χ1v) is 11.6. The normalized spacial score (nSPS) is 23.7. The predicted molar refractivity (Wildman–Crippen MR) is 120 cm³/mol. The minimum absolute atomic E-state index is 0.168. The van der Waals surface area contributed by atoms with Crippen molar-refractivity contribution in [2.75, 3.05) is 45.9 Å². The Bertz CT molecular complexity index is 707. The lowest BCUT2D eigenvalue weighted by atomic mass is 9.88. The molecule has 2 aliphatic heterocycles. The largest absolute Gasteiger partial charge is 0.381 e. The van der Waals surface area contributed by atoms with E-state index in [0.717, 1.165) is 56.7 Å². The summed E-state index contributed by atoms with van der Waals surface area (Å²) in [7, 11) is 0. The van der Waals surface area contributed by atoms with E-state index in [1.165, 1.54) is 44.3 Å². The molecule has 0 aromatic heterocycles. The summed E-state index contributed by atoms with van der Waals surface area (Å²) in [6.07, 6.45) is 7.20. The molecular formula is C23H35ClN4O. The van der Waals surface area contributed by atoms with Crippen LogP contribution in [0.3, 0.4) is 0 Å². The van der Waals surface area contributed by atoms with Crippen molar-refractivity contribution in [2.24, 2.45) is 4.99 Å². The van der Waals surface area contributed by atoms with Crippen molar-refractivity contribution >= 4 is 17.6 Å². The first kappa shape index (κ1) is 21.0. The van der Waals surface area contributed by atoms with E-state index in [1.807, 2.05) is 6.07 Å². The molecule has 2 saturated heterocycles. The van der Waals surface area contributed by atoms with Gasteiger partial charge >= 0.3 is 0 Å². The molecular weight excluding hydrogens is 384 g/mol. The third kappa shape index (κ3) is 4.89. The Morgan fingerprint density at radius 2 is 1.90 bits per heavy atom. The van der Waals surface area contributed by atoms with Gasteiger partial charge in [-0.05, 0) is 76.2 Å². The van der Waals surface area contributed by atoms with Crippen molar-refractivity contribution < 1.29 is 4.74 Å². The van der Waals surface area contributed by atoms with Gasteiger partial charge in [-0.15, -0.1) is 0 Å². The van der Waals surface area contributed by atoms with Gasteiger partial charge in [0.25, 0.3) is 0 Å². The molecule has 2 N–H and O–H groups in total. The fraction of sp³-hybridized carbons (Fsp3) is 0.696. The summed E-state index contributed by atoms with van der Waals surface area (Å²) in [4.78, 5) is 7.74. The highest BCUT2D eigenvalue weighted by atomic mass is 35.5. The summed E-state index contributed by atoms with van der Waals surface area (Å²) < 4.78 is 5.68.